The summed E-state index contributed by atoms with van der Waals surface area (Å²) in [6.45, 7) is 1.92. The van der Waals surface area contributed by atoms with Crippen LogP contribution in [0.1, 0.15) is 24.1 Å². The van der Waals surface area contributed by atoms with Crippen LogP contribution in [0.5, 0.6) is 17.2 Å². The van der Waals surface area contributed by atoms with Crippen molar-refractivity contribution in [1.82, 2.24) is 0 Å². The van der Waals surface area contributed by atoms with Gasteiger partial charge in [0.1, 0.15) is 5.75 Å². The van der Waals surface area contributed by atoms with Crippen LogP contribution in [0.2, 0.25) is 0 Å². The molecule has 0 amide bonds. The van der Waals surface area contributed by atoms with Crippen LogP contribution in [0.3, 0.4) is 0 Å². The number of hydrogen-bond acceptors (Lipinski definition) is 4. The molecule has 0 saturated carbocycles. The molecule has 2 rings (SSSR count). The van der Waals surface area contributed by atoms with Crippen molar-refractivity contribution in [3.63, 3.8) is 0 Å². The fourth-order valence-corrected chi connectivity index (χ4v) is 2.30. The summed E-state index contributed by atoms with van der Waals surface area (Å²) in [7, 11) is 1.54. The van der Waals surface area contributed by atoms with Crippen LogP contribution in [0, 0.1) is 11.3 Å². The lowest BCUT2D eigenvalue weighted by atomic mass is 10.1. The molecule has 2 aromatic carbocycles. The van der Waals surface area contributed by atoms with E-state index < -0.39 is 0 Å². The summed E-state index contributed by atoms with van der Waals surface area (Å²) in [4.78, 5) is 0. The predicted octanol–water partition coefficient (Wildman–Crippen LogP) is 4.14. The van der Waals surface area contributed by atoms with E-state index in [1.54, 1.807) is 18.2 Å². The SMILES string of the molecule is COc1cc(C#N)ccc1Oc1ccc([C@H](C)N)cc1Br. The van der Waals surface area contributed by atoms with Crippen LogP contribution in [-0.4, -0.2) is 7.11 Å². The van der Waals surface area contributed by atoms with Crippen LogP contribution in [-0.2, 0) is 0 Å². The number of nitrogens with two attached hydrogens (primary N) is 1. The second-order valence-electron chi connectivity index (χ2n) is 4.56. The maximum atomic E-state index is 8.90. The predicted molar refractivity (Wildman–Crippen MR) is 84.5 cm³/mol. The minimum Gasteiger partial charge on any atom is -0.493 e. The van der Waals surface area contributed by atoms with E-state index >= 15 is 0 Å². The molecule has 4 nitrogen and oxygen atoms in total. The van der Waals surface area contributed by atoms with Crippen LogP contribution < -0.4 is 15.2 Å². The smallest absolute Gasteiger partial charge is 0.169 e. The molecule has 0 aliphatic rings. The monoisotopic (exact) mass is 346 g/mol. The Morgan fingerprint density at radius 3 is 2.43 bits per heavy atom. The maximum Gasteiger partial charge on any atom is 0.169 e. The molecular weight excluding hydrogens is 332 g/mol. The lowest BCUT2D eigenvalue weighted by Gasteiger charge is -2.13. The molecule has 1 atom stereocenters. The number of nitriles is 1. The molecule has 0 aliphatic heterocycles. The summed E-state index contributed by atoms with van der Waals surface area (Å²) >= 11 is 3.47. The van der Waals surface area contributed by atoms with Crippen LogP contribution >= 0.6 is 15.9 Å². The fraction of sp³-hybridized carbons (Fsp3) is 0.188. The van der Waals surface area contributed by atoms with Gasteiger partial charge in [0.2, 0.25) is 0 Å². The van der Waals surface area contributed by atoms with Crippen LogP contribution in [0.25, 0.3) is 0 Å². The van der Waals surface area contributed by atoms with Gasteiger partial charge in [-0.1, -0.05) is 6.07 Å². The molecule has 21 heavy (non-hydrogen) atoms. The lowest BCUT2D eigenvalue weighted by Crippen LogP contribution is -2.04. The minimum atomic E-state index is -0.0419. The molecule has 0 radical (unpaired) electrons. The van der Waals surface area contributed by atoms with Gasteiger partial charge >= 0.3 is 0 Å². The van der Waals surface area contributed by atoms with E-state index in [-0.39, 0.29) is 6.04 Å². The highest BCUT2D eigenvalue weighted by Gasteiger charge is 2.10. The highest BCUT2D eigenvalue weighted by atomic mass is 79.9. The second-order valence-corrected chi connectivity index (χ2v) is 5.41. The van der Waals surface area contributed by atoms with Gasteiger partial charge in [-0.3, -0.25) is 0 Å². The van der Waals surface area contributed by atoms with Gasteiger partial charge in [-0.2, -0.15) is 5.26 Å². The van der Waals surface area contributed by atoms with E-state index in [1.807, 2.05) is 25.1 Å². The van der Waals surface area contributed by atoms with Gasteiger partial charge in [0, 0.05) is 12.1 Å². The molecule has 5 heteroatoms. The third-order valence-electron chi connectivity index (χ3n) is 2.99. The Kier molecular flexibility index (Phi) is 4.84. The highest BCUT2D eigenvalue weighted by molar-refractivity contribution is 9.10. The zero-order chi connectivity index (χ0) is 15.4. The van der Waals surface area contributed by atoms with Crippen molar-refractivity contribution in [3.05, 3.63) is 52.0 Å². The molecule has 0 saturated heterocycles. The fourth-order valence-electron chi connectivity index (χ4n) is 1.82. The highest BCUT2D eigenvalue weighted by Crippen LogP contribution is 2.36. The van der Waals surface area contributed by atoms with Crippen molar-refractivity contribution in [2.45, 2.75) is 13.0 Å². The van der Waals surface area contributed by atoms with Gasteiger partial charge in [-0.15, -0.1) is 0 Å². The maximum absolute atomic E-state index is 8.90. The van der Waals surface area contributed by atoms with E-state index in [0.717, 1.165) is 10.0 Å². The summed E-state index contributed by atoms with van der Waals surface area (Å²) in [5.74, 6) is 1.71. The van der Waals surface area contributed by atoms with Crippen molar-refractivity contribution in [1.29, 1.82) is 5.26 Å². The number of rotatable bonds is 4. The van der Waals surface area contributed by atoms with E-state index in [9.17, 15) is 0 Å². The number of halogens is 1. The first-order valence-electron chi connectivity index (χ1n) is 6.36. The topological polar surface area (TPSA) is 68.3 Å². The largest absolute Gasteiger partial charge is 0.493 e. The molecule has 0 unspecified atom stereocenters. The molecule has 0 spiro atoms. The summed E-state index contributed by atoms with van der Waals surface area (Å²) in [6, 6.07) is 12.7. The Hall–Kier alpha value is -2.03. The van der Waals surface area contributed by atoms with Crippen LogP contribution in [0.4, 0.5) is 0 Å². The number of ether oxygens (including phenoxy) is 2. The molecule has 0 fully saturated rings. The van der Waals surface area contributed by atoms with E-state index in [2.05, 4.69) is 22.0 Å². The molecule has 2 N–H and O–H groups in total. The Morgan fingerprint density at radius 2 is 1.86 bits per heavy atom. The van der Waals surface area contributed by atoms with Gasteiger partial charge in [0.25, 0.3) is 0 Å². The summed E-state index contributed by atoms with van der Waals surface area (Å²) in [5, 5.41) is 8.90. The average Bonchev–Trinajstić information content (AvgIpc) is 2.49. The molecule has 0 heterocycles. The molecular formula is C16H15BrN2O2. The van der Waals surface area contributed by atoms with Crippen molar-refractivity contribution in [2.24, 2.45) is 5.73 Å². The number of benzene rings is 2. The van der Waals surface area contributed by atoms with Gasteiger partial charge in [-0.05, 0) is 52.7 Å². The van der Waals surface area contributed by atoms with Crippen molar-refractivity contribution >= 4 is 15.9 Å². The Balaban J connectivity index is 2.32. The standard InChI is InChI=1S/C16H15BrN2O2/c1-10(19)12-4-6-14(13(17)8-12)21-15-5-3-11(9-18)7-16(15)20-2/h3-8,10H,19H2,1-2H3/t10-/m0/s1. The Labute approximate surface area is 132 Å². The normalized spacial score (nSPS) is 11.6. The molecule has 0 aromatic heterocycles. The average molecular weight is 347 g/mol. The summed E-state index contributed by atoms with van der Waals surface area (Å²) in [6.07, 6.45) is 0. The quantitative estimate of drug-likeness (QED) is 0.902. The first-order valence-corrected chi connectivity index (χ1v) is 7.15. The zero-order valence-corrected chi connectivity index (χ0v) is 13.3. The molecule has 0 aliphatic carbocycles. The lowest BCUT2D eigenvalue weighted by molar-refractivity contribution is 0.378. The van der Waals surface area contributed by atoms with E-state index in [1.165, 1.54) is 7.11 Å². The Morgan fingerprint density at radius 1 is 1.14 bits per heavy atom. The number of hydrogen-bond donors (Lipinski definition) is 1. The Bertz CT molecular complexity index is 693. The third-order valence-corrected chi connectivity index (χ3v) is 3.61. The van der Waals surface area contributed by atoms with Gasteiger partial charge in [-0.25, -0.2) is 0 Å². The summed E-state index contributed by atoms with van der Waals surface area (Å²) in [5.41, 5.74) is 7.38. The van der Waals surface area contributed by atoms with Crippen molar-refractivity contribution in [3.8, 4) is 23.3 Å². The summed E-state index contributed by atoms with van der Waals surface area (Å²) < 4.78 is 11.9. The van der Waals surface area contributed by atoms with Crippen LogP contribution in [0.15, 0.2) is 40.9 Å². The van der Waals surface area contributed by atoms with Gasteiger partial charge in [0.05, 0.1) is 23.2 Å². The van der Waals surface area contributed by atoms with Gasteiger partial charge in [0.15, 0.2) is 11.5 Å². The van der Waals surface area contributed by atoms with E-state index in [0.29, 0.717) is 22.8 Å². The molecule has 2 aromatic rings. The molecule has 108 valence electrons. The second kappa shape index (κ2) is 6.61. The van der Waals surface area contributed by atoms with E-state index in [4.69, 9.17) is 20.5 Å². The van der Waals surface area contributed by atoms with Crippen molar-refractivity contribution < 1.29 is 9.47 Å². The van der Waals surface area contributed by atoms with Gasteiger partial charge < -0.3 is 15.2 Å². The third kappa shape index (κ3) is 3.54. The first kappa shape index (κ1) is 15.4. The zero-order valence-electron chi connectivity index (χ0n) is 11.8. The van der Waals surface area contributed by atoms with Crippen molar-refractivity contribution in [2.75, 3.05) is 7.11 Å². The number of nitrogens with zero attached hydrogens (tertiary/aromatic N) is 1. The first-order chi connectivity index (χ1) is 10.0. The minimum absolute atomic E-state index is 0.0419. The molecule has 0 bridgehead atoms. The number of methoxy groups -OCH3 is 1.